The van der Waals surface area contributed by atoms with Crippen LogP contribution in [0.4, 0.5) is 0 Å². The van der Waals surface area contributed by atoms with E-state index in [0.717, 1.165) is 0 Å². The molecule has 0 bridgehead atoms. The molecule has 8 heavy (non-hydrogen) atoms. The van der Waals surface area contributed by atoms with E-state index in [0.29, 0.717) is 13.2 Å². The molecule has 0 aliphatic rings. The Morgan fingerprint density at radius 2 is 2.25 bits per heavy atom. The summed E-state index contributed by atoms with van der Waals surface area (Å²) >= 11 is 0. The molecular weight excluding hydrogens is 125 g/mol. The normalized spacial score (nSPS) is 13.8. The summed E-state index contributed by atoms with van der Waals surface area (Å²) in [5, 5.41) is 2.67. The average molecular weight is 137 g/mol. The maximum absolute atomic E-state index is 10.5. The summed E-state index contributed by atoms with van der Waals surface area (Å²) in [4.78, 5) is 0. The quantitative estimate of drug-likeness (QED) is 0.588. The van der Waals surface area contributed by atoms with Gasteiger partial charge in [0.15, 0.2) is 0 Å². The molecule has 1 N–H and O–H groups in total. The van der Waals surface area contributed by atoms with E-state index >= 15 is 0 Å². The first-order valence-electron chi connectivity index (χ1n) is 2.71. The number of hydrogen-bond donors (Lipinski definition) is 1. The van der Waals surface area contributed by atoms with Gasteiger partial charge in [-0.25, -0.2) is 5.09 Å². The SMILES string of the molecule is CCN[PH](=O)OCC. The van der Waals surface area contributed by atoms with Gasteiger partial charge in [-0.1, -0.05) is 6.92 Å². The standard InChI is InChI=1S/C4H12NO2P/c1-3-5-8(6)7-4-2/h8H,3-4H2,1-2H3,(H,5,6). The highest BCUT2D eigenvalue weighted by atomic mass is 31.1. The van der Waals surface area contributed by atoms with Crippen LogP contribution in [0.3, 0.4) is 0 Å². The average Bonchev–Trinajstić information content (AvgIpc) is 1.68. The minimum atomic E-state index is -1.89. The molecular formula is C4H12NO2P. The Kier molecular flexibility index (Phi) is 5.39. The zero-order chi connectivity index (χ0) is 6.41. The van der Waals surface area contributed by atoms with Crippen LogP contribution in [0.15, 0.2) is 0 Å². The zero-order valence-electron chi connectivity index (χ0n) is 5.23. The van der Waals surface area contributed by atoms with E-state index in [1.807, 2.05) is 13.8 Å². The van der Waals surface area contributed by atoms with Crippen LogP contribution >= 0.6 is 8.18 Å². The van der Waals surface area contributed by atoms with Gasteiger partial charge in [-0.3, -0.25) is 4.57 Å². The summed E-state index contributed by atoms with van der Waals surface area (Å²) in [5.74, 6) is 0. The summed E-state index contributed by atoms with van der Waals surface area (Å²) in [6.45, 7) is 4.93. The Morgan fingerprint density at radius 3 is 2.62 bits per heavy atom. The minimum absolute atomic E-state index is 0.519. The third kappa shape index (κ3) is 4.31. The van der Waals surface area contributed by atoms with Gasteiger partial charge in [0, 0.05) is 6.54 Å². The van der Waals surface area contributed by atoms with Crippen LogP contribution in [0.25, 0.3) is 0 Å². The first-order chi connectivity index (χ1) is 3.81. The van der Waals surface area contributed by atoms with Crippen molar-refractivity contribution in [3.63, 3.8) is 0 Å². The molecule has 0 aromatic rings. The predicted molar refractivity (Wildman–Crippen MR) is 34.3 cm³/mol. The fourth-order valence-corrected chi connectivity index (χ4v) is 0.979. The Balaban J connectivity index is 3.06. The van der Waals surface area contributed by atoms with E-state index in [1.54, 1.807) is 0 Å². The molecule has 1 atom stereocenters. The van der Waals surface area contributed by atoms with Crippen LogP contribution in [-0.2, 0) is 9.09 Å². The third-order valence-electron chi connectivity index (χ3n) is 0.597. The lowest BCUT2D eigenvalue weighted by Gasteiger charge is -1.98. The smallest absolute Gasteiger partial charge is 0.258 e. The second kappa shape index (κ2) is 5.29. The summed E-state index contributed by atoms with van der Waals surface area (Å²) in [6, 6.07) is 0. The van der Waals surface area contributed by atoms with E-state index in [9.17, 15) is 4.57 Å². The number of hydrogen-bond acceptors (Lipinski definition) is 2. The third-order valence-corrected chi connectivity index (χ3v) is 1.79. The van der Waals surface area contributed by atoms with Gasteiger partial charge in [0.1, 0.15) is 0 Å². The minimum Gasteiger partial charge on any atom is -0.320 e. The molecule has 50 valence electrons. The number of rotatable bonds is 4. The van der Waals surface area contributed by atoms with Crippen molar-refractivity contribution in [1.82, 2.24) is 5.09 Å². The van der Waals surface area contributed by atoms with Crippen LogP contribution in [-0.4, -0.2) is 13.2 Å². The molecule has 0 radical (unpaired) electrons. The van der Waals surface area contributed by atoms with E-state index in [2.05, 4.69) is 5.09 Å². The molecule has 0 aliphatic heterocycles. The molecule has 3 nitrogen and oxygen atoms in total. The van der Waals surface area contributed by atoms with Crippen LogP contribution < -0.4 is 5.09 Å². The Morgan fingerprint density at radius 1 is 1.62 bits per heavy atom. The van der Waals surface area contributed by atoms with Crippen molar-refractivity contribution in [2.24, 2.45) is 0 Å². The predicted octanol–water partition coefficient (Wildman–Crippen LogP) is 1.02. The Hall–Kier alpha value is 0.150. The first kappa shape index (κ1) is 8.15. The first-order valence-corrected chi connectivity index (χ1v) is 4.03. The maximum Gasteiger partial charge on any atom is 0.258 e. The lowest BCUT2D eigenvalue weighted by Crippen LogP contribution is -2.01. The molecule has 4 heteroatoms. The van der Waals surface area contributed by atoms with E-state index in [1.165, 1.54) is 0 Å². The molecule has 0 aromatic carbocycles. The fourth-order valence-electron chi connectivity index (χ4n) is 0.326. The largest absolute Gasteiger partial charge is 0.320 e. The monoisotopic (exact) mass is 137 g/mol. The van der Waals surface area contributed by atoms with E-state index in [-0.39, 0.29) is 0 Å². The lowest BCUT2D eigenvalue weighted by atomic mass is 10.8. The van der Waals surface area contributed by atoms with Crippen LogP contribution in [0.2, 0.25) is 0 Å². The Labute approximate surface area is 50.3 Å². The Bertz CT molecular complexity index is 68.4. The number of nitrogens with one attached hydrogen (secondary N) is 1. The van der Waals surface area contributed by atoms with Gasteiger partial charge in [0.05, 0.1) is 6.61 Å². The highest BCUT2D eigenvalue weighted by Gasteiger charge is 1.89. The van der Waals surface area contributed by atoms with Gasteiger partial charge in [-0.05, 0) is 6.92 Å². The second-order valence-corrected chi connectivity index (χ2v) is 2.47. The van der Waals surface area contributed by atoms with Crippen molar-refractivity contribution in [2.75, 3.05) is 13.2 Å². The highest BCUT2D eigenvalue weighted by molar-refractivity contribution is 7.36. The molecule has 0 spiro atoms. The van der Waals surface area contributed by atoms with Gasteiger partial charge in [0.25, 0.3) is 8.18 Å². The van der Waals surface area contributed by atoms with Crippen LogP contribution in [0, 0.1) is 0 Å². The molecule has 0 saturated carbocycles. The molecule has 0 fully saturated rings. The van der Waals surface area contributed by atoms with Gasteiger partial charge < -0.3 is 4.52 Å². The molecule has 0 aromatic heterocycles. The molecule has 1 unspecified atom stereocenters. The summed E-state index contributed by atoms with van der Waals surface area (Å²) in [5.41, 5.74) is 0. The molecule has 0 rings (SSSR count). The second-order valence-electron chi connectivity index (χ2n) is 1.25. The van der Waals surface area contributed by atoms with Crippen molar-refractivity contribution < 1.29 is 9.09 Å². The maximum atomic E-state index is 10.5. The lowest BCUT2D eigenvalue weighted by molar-refractivity contribution is 0.343. The highest BCUT2D eigenvalue weighted by Crippen LogP contribution is 2.13. The van der Waals surface area contributed by atoms with Crippen LogP contribution in [0.5, 0.6) is 0 Å². The summed E-state index contributed by atoms with van der Waals surface area (Å²) in [7, 11) is -1.89. The van der Waals surface area contributed by atoms with Gasteiger partial charge >= 0.3 is 0 Å². The van der Waals surface area contributed by atoms with Crippen molar-refractivity contribution in [1.29, 1.82) is 0 Å². The summed E-state index contributed by atoms with van der Waals surface area (Å²) in [6.07, 6.45) is 0. The van der Waals surface area contributed by atoms with Gasteiger partial charge in [0.2, 0.25) is 0 Å². The van der Waals surface area contributed by atoms with Crippen molar-refractivity contribution in [2.45, 2.75) is 13.8 Å². The molecule has 0 heterocycles. The zero-order valence-corrected chi connectivity index (χ0v) is 6.23. The van der Waals surface area contributed by atoms with E-state index < -0.39 is 8.18 Å². The van der Waals surface area contributed by atoms with Crippen LogP contribution in [0.1, 0.15) is 13.8 Å². The van der Waals surface area contributed by atoms with Gasteiger partial charge in [-0.2, -0.15) is 0 Å². The van der Waals surface area contributed by atoms with Crippen molar-refractivity contribution >= 4 is 8.18 Å². The van der Waals surface area contributed by atoms with Gasteiger partial charge in [-0.15, -0.1) is 0 Å². The summed E-state index contributed by atoms with van der Waals surface area (Å²) < 4.78 is 15.2. The molecule has 0 amide bonds. The van der Waals surface area contributed by atoms with Crippen molar-refractivity contribution in [3.05, 3.63) is 0 Å². The molecule has 0 aliphatic carbocycles. The topological polar surface area (TPSA) is 38.3 Å². The fraction of sp³-hybridized carbons (Fsp3) is 1.00. The van der Waals surface area contributed by atoms with E-state index in [4.69, 9.17) is 4.52 Å². The van der Waals surface area contributed by atoms with Crippen molar-refractivity contribution in [3.8, 4) is 0 Å². The molecule has 0 saturated heterocycles.